The summed E-state index contributed by atoms with van der Waals surface area (Å²) in [6.07, 6.45) is 0. The standard InChI is InChI=1S/C20H26N4O5S/c1-6-23(7-2)30(28,29)16-10-13(3)14(4)19(12-16)22-20(25)17-11-15(24(26)27)8-9-18(17)21-5/h8-12,21H,6-7H2,1-5H3,(H,22,25). The van der Waals surface area contributed by atoms with Crippen LogP contribution >= 0.6 is 0 Å². The Bertz CT molecular complexity index is 1080. The number of carbonyl (C=O) groups excluding carboxylic acids is 1. The molecule has 9 nitrogen and oxygen atoms in total. The number of non-ortho nitro benzene ring substituents is 1. The molecule has 1 amide bonds. The van der Waals surface area contributed by atoms with Gasteiger partial charge >= 0.3 is 0 Å². The summed E-state index contributed by atoms with van der Waals surface area (Å²) in [5.41, 5.74) is 2.02. The molecular formula is C20H26N4O5S. The summed E-state index contributed by atoms with van der Waals surface area (Å²) in [6.45, 7) is 7.70. The van der Waals surface area contributed by atoms with E-state index in [9.17, 15) is 23.3 Å². The van der Waals surface area contributed by atoms with Crippen LogP contribution < -0.4 is 10.6 Å². The number of anilines is 2. The van der Waals surface area contributed by atoms with Gasteiger partial charge in [0.2, 0.25) is 10.0 Å². The molecule has 2 aromatic rings. The van der Waals surface area contributed by atoms with Crippen LogP contribution in [0.2, 0.25) is 0 Å². The second-order valence-corrected chi connectivity index (χ2v) is 8.63. The van der Waals surface area contributed by atoms with E-state index in [2.05, 4.69) is 10.6 Å². The van der Waals surface area contributed by atoms with Crippen molar-refractivity contribution in [3.05, 3.63) is 57.1 Å². The third-order valence-corrected chi connectivity index (χ3v) is 6.99. The number of rotatable bonds is 8. The maximum Gasteiger partial charge on any atom is 0.270 e. The zero-order chi connectivity index (χ0) is 22.6. The van der Waals surface area contributed by atoms with Crippen LogP contribution in [0.1, 0.15) is 35.3 Å². The van der Waals surface area contributed by atoms with Gasteiger partial charge in [0.05, 0.1) is 15.4 Å². The van der Waals surface area contributed by atoms with E-state index in [1.165, 1.54) is 28.6 Å². The normalized spacial score (nSPS) is 11.4. The Morgan fingerprint density at radius 2 is 1.73 bits per heavy atom. The lowest BCUT2D eigenvalue weighted by molar-refractivity contribution is -0.384. The van der Waals surface area contributed by atoms with E-state index in [1.807, 2.05) is 0 Å². The molecule has 0 aliphatic rings. The van der Waals surface area contributed by atoms with E-state index in [1.54, 1.807) is 40.8 Å². The predicted octanol–water partition coefficient (Wildman–Crippen LogP) is 3.54. The number of aryl methyl sites for hydroxylation is 1. The second-order valence-electron chi connectivity index (χ2n) is 6.69. The molecule has 30 heavy (non-hydrogen) atoms. The SMILES string of the molecule is CCN(CC)S(=O)(=O)c1cc(C)c(C)c(NC(=O)c2cc([N+](=O)[O-])ccc2NC)c1. The molecule has 0 saturated carbocycles. The number of carbonyl (C=O) groups is 1. The van der Waals surface area contributed by atoms with Gasteiger partial charge in [-0.15, -0.1) is 0 Å². The number of amides is 1. The number of sulfonamides is 1. The third kappa shape index (κ3) is 4.60. The highest BCUT2D eigenvalue weighted by atomic mass is 32.2. The Morgan fingerprint density at radius 3 is 2.27 bits per heavy atom. The van der Waals surface area contributed by atoms with Crippen LogP contribution in [0.5, 0.6) is 0 Å². The van der Waals surface area contributed by atoms with E-state index in [-0.39, 0.29) is 16.1 Å². The third-order valence-electron chi connectivity index (χ3n) is 4.96. The van der Waals surface area contributed by atoms with Gasteiger partial charge in [-0.2, -0.15) is 4.31 Å². The predicted molar refractivity (Wildman–Crippen MR) is 117 cm³/mol. The van der Waals surface area contributed by atoms with Crippen LogP contribution in [0, 0.1) is 24.0 Å². The molecule has 0 unspecified atom stereocenters. The molecule has 0 aliphatic carbocycles. The van der Waals surface area contributed by atoms with Gasteiger partial charge in [-0.05, 0) is 43.2 Å². The minimum Gasteiger partial charge on any atom is -0.387 e. The van der Waals surface area contributed by atoms with Crippen molar-refractivity contribution in [2.75, 3.05) is 30.8 Å². The summed E-state index contributed by atoms with van der Waals surface area (Å²) in [5, 5.41) is 16.6. The number of nitro groups is 1. The lowest BCUT2D eigenvalue weighted by atomic mass is 10.1. The molecule has 2 aromatic carbocycles. The zero-order valence-electron chi connectivity index (χ0n) is 17.6. The molecule has 0 fully saturated rings. The number of nitrogens with zero attached hydrogens (tertiary/aromatic N) is 2. The quantitative estimate of drug-likeness (QED) is 0.484. The lowest BCUT2D eigenvalue weighted by Crippen LogP contribution is -2.30. The highest BCUT2D eigenvalue weighted by molar-refractivity contribution is 7.89. The number of hydrogen-bond donors (Lipinski definition) is 2. The van der Waals surface area contributed by atoms with E-state index < -0.39 is 20.9 Å². The first-order valence-electron chi connectivity index (χ1n) is 9.45. The number of nitro benzene ring substituents is 1. The van der Waals surface area contributed by atoms with E-state index in [0.29, 0.717) is 35.6 Å². The summed E-state index contributed by atoms with van der Waals surface area (Å²) in [7, 11) is -2.11. The first-order valence-corrected chi connectivity index (χ1v) is 10.9. The minimum absolute atomic E-state index is 0.0810. The molecule has 0 spiro atoms. The molecule has 0 aromatic heterocycles. The second kappa shape index (κ2) is 9.23. The van der Waals surface area contributed by atoms with Gasteiger partial charge in [0.1, 0.15) is 0 Å². The fourth-order valence-corrected chi connectivity index (χ4v) is 4.63. The van der Waals surface area contributed by atoms with Crippen molar-refractivity contribution >= 4 is 33.0 Å². The number of nitrogens with one attached hydrogen (secondary N) is 2. The summed E-state index contributed by atoms with van der Waals surface area (Å²) < 4.78 is 27.2. The molecule has 0 aliphatic heterocycles. The van der Waals surface area contributed by atoms with E-state index in [4.69, 9.17) is 0 Å². The Morgan fingerprint density at radius 1 is 1.10 bits per heavy atom. The van der Waals surface area contributed by atoms with Crippen LogP contribution in [-0.2, 0) is 10.0 Å². The van der Waals surface area contributed by atoms with Crippen LogP contribution in [-0.4, -0.2) is 43.7 Å². The highest BCUT2D eigenvalue weighted by Gasteiger charge is 2.24. The fourth-order valence-electron chi connectivity index (χ4n) is 3.06. The molecule has 0 atom stereocenters. The van der Waals surface area contributed by atoms with Crippen LogP contribution in [0.15, 0.2) is 35.2 Å². The minimum atomic E-state index is -3.71. The van der Waals surface area contributed by atoms with Crippen molar-refractivity contribution in [3.8, 4) is 0 Å². The van der Waals surface area contributed by atoms with Crippen LogP contribution in [0.3, 0.4) is 0 Å². The van der Waals surface area contributed by atoms with Crippen molar-refractivity contribution in [2.45, 2.75) is 32.6 Å². The monoisotopic (exact) mass is 434 g/mol. The largest absolute Gasteiger partial charge is 0.387 e. The van der Waals surface area contributed by atoms with Gasteiger partial charge in [-0.1, -0.05) is 13.8 Å². The van der Waals surface area contributed by atoms with Gasteiger partial charge < -0.3 is 10.6 Å². The summed E-state index contributed by atoms with van der Waals surface area (Å²) in [4.78, 5) is 23.5. The van der Waals surface area contributed by atoms with Gasteiger partial charge in [-0.3, -0.25) is 14.9 Å². The molecule has 2 N–H and O–H groups in total. The van der Waals surface area contributed by atoms with Crippen molar-refractivity contribution in [1.82, 2.24) is 4.31 Å². The lowest BCUT2D eigenvalue weighted by Gasteiger charge is -2.20. The Kier molecular flexibility index (Phi) is 7.16. The van der Waals surface area contributed by atoms with Crippen molar-refractivity contribution in [1.29, 1.82) is 0 Å². The molecule has 162 valence electrons. The maximum atomic E-state index is 12.9. The Hall–Kier alpha value is -2.98. The molecule has 0 radical (unpaired) electrons. The van der Waals surface area contributed by atoms with Gasteiger partial charge in [-0.25, -0.2) is 8.42 Å². The molecule has 10 heteroatoms. The average Bonchev–Trinajstić information content (AvgIpc) is 2.71. The summed E-state index contributed by atoms with van der Waals surface area (Å²) in [6, 6.07) is 6.93. The fraction of sp³-hybridized carbons (Fsp3) is 0.350. The Balaban J connectivity index is 2.51. The zero-order valence-corrected chi connectivity index (χ0v) is 18.5. The summed E-state index contributed by atoms with van der Waals surface area (Å²) in [5.74, 6) is -0.581. The first kappa shape index (κ1) is 23.3. The van der Waals surface area contributed by atoms with Crippen LogP contribution in [0.4, 0.5) is 17.1 Å². The van der Waals surface area contributed by atoms with Gasteiger partial charge in [0.15, 0.2) is 0 Å². The topological polar surface area (TPSA) is 122 Å². The number of hydrogen-bond acceptors (Lipinski definition) is 6. The average molecular weight is 435 g/mol. The summed E-state index contributed by atoms with van der Waals surface area (Å²) >= 11 is 0. The van der Waals surface area contributed by atoms with Crippen molar-refractivity contribution in [2.24, 2.45) is 0 Å². The molecule has 0 bridgehead atoms. The molecule has 2 rings (SSSR count). The smallest absolute Gasteiger partial charge is 0.270 e. The first-order chi connectivity index (χ1) is 14.1. The highest BCUT2D eigenvalue weighted by Crippen LogP contribution is 2.28. The van der Waals surface area contributed by atoms with Crippen molar-refractivity contribution < 1.29 is 18.1 Å². The Labute approximate surface area is 176 Å². The van der Waals surface area contributed by atoms with E-state index >= 15 is 0 Å². The van der Waals surface area contributed by atoms with E-state index in [0.717, 1.165) is 0 Å². The number of benzene rings is 2. The van der Waals surface area contributed by atoms with Crippen molar-refractivity contribution in [3.63, 3.8) is 0 Å². The van der Waals surface area contributed by atoms with Crippen LogP contribution in [0.25, 0.3) is 0 Å². The molecule has 0 saturated heterocycles. The molecule has 0 heterocycles. The van der Waals surface area contributed by atoms with Gasteiger partial charge in [0.25, 0.3) is 11.6 Å². The molecular weight excluding hydrogens is 408 g/mol. The maximum absolute atomic E-state index is 12.9. The van der Waals surface area contributed by atoms with Gasteiger partial charge in [0, 0.05) is 43.6 Å².